The number of carbonyl (C=O) groups excluding carboxylic acids is 2. The van der Waals surface area contributed by atoms with Crippen LogP contribution in [0, 0.1) is 0 Å². The number of carbonyl (C=O) groups is 2. The van der Waals surface area contributed by atoms with Crippen molar-refractivity contribution in [2.45, 2.75) is 19.5 Å². The van der Waals surface area contributed by atoms with E-state index in [9.17, 15) is 22.8 Å². The molecule has 1 saturated heterocycles. The van der Waals surface area contributed by atoms with Crippen LogP contribution in [-0.4, -0.2) is 67.2 Å². The summed E-state index contributed by atoms with van der Waals surface area (Å²) in [5, 5.41) is 0. The summed E-state index contributed by atoms with van der Waals surface area (Å²) in [5.41, 5.74) is 0. The highest BCUT2D eigenvalue weighted by Gasteiger charge is 2.42. The van der Waals surface area contributed by atoms with E-state index in [1.54, 1.807) is 24.3 Å². The molecule has 0 unspecified atom stereocenters. The Morgan fingerprint density at radius 3 is 2.19 bits per heavy atom. The van der Waals surface area contributed by atoms with Crippen LogP contribution in [0.4, 0.5) is 13.2 Å². The Kier molecular flexibility index (Phi) is 6.70. The fraction of sp³-hybridized carbons (Fsp3) is 0.529. The zero-order valence-corrected chi connectivity index (χ0v) is 14.4. The summed E-state index contributed by atoms with van der Waals surface area (Å²) in [6, 6.07) is 6.91. The highest BCUT2D eigenvalue weighted by molar-refractivity contribution is 5.82. The van der Waals surface area contributed by atoms with Crippen molar-refractivity contribution in [1.82, 2.24) is 9.80 Å². The van der Waals surface area contributed by atoms with Crippen LogP contribution in [0.5, 0.6) is 11.5 Å². The lowest BCUT2D eigenvalue weighted by molar-refractivity contribution is -0.185. The number of alkyl halides is 3. The van der Waals surface area contributed by atoms with E-state index >= 15 is 0 Å². The van der Waals surface area contributed by atoms with Gasteiger partial charge < -0.3 is 19.3 Å². The predicted molar refractivity (Wildman–Crippen MR) is 86.9 cm³/mol. The number of rotatable bonds is 5. The van der Waals surface area contributed by atoms with Gasteiger partial charge in [-0.05, 0) is 25.5 Å². The molecule has 0 N–H and O–H groups in total. The van der Waals surface area contributed by atoms with Gasteiger partial charge in [0.05, 0.1) is 6.61 Å². The highest BCUT2D eigenvalue weighted by Crippen LogP contribution is 2.26. The maximum atomic E-state index is 12.5. The zero-order chi connectivity index (χ0) is 19.2. The Morgan fingerprint density at radius 2 is 1.58 bits per heavy atom. The van der Waals surface area contributed by atoms with E-state index in [1.807, 2.05) is 6.92 Å². The van der Waals surface area contributed by atoms with Gasteiger partial charge in [-0.15, -0.1) is 0 Å². The molecule has 0 saturated carbocycles. The predicted octanol–water partition coefficient (Wildman–Crippen LogP) is 2.09. The van der Waals surface area contributed by atoms with Crippen molar-refractivity contribution < 1.29 is 32.2 Å². The van der Waals surface area contributed by atoms with Gasteiger partial charge in [0.15, 0.2) is 18.1 Å². The van der Waals surface area contributed by atoms with Crippen LogP contribution in [0.25, 0.3) is 0 Å². The van der Waals surface area contributed by atoms with Gasteiger partial charge in [0.1, 0.15) is 0 Å². The van der Waals surface area contributed by atoms with Gasteiger partial charge in [0, 0.05) is 26.2 Å². The van der Waals surface area contributed by atoms with Crippen LogP contribution in [0.3, 0.4) is 0 Å². The number of para-hydroxylation sites is 2. The maximum Gasteiger partial charge on any atom is 0.471 e. The van der Waals surface area contributed by atoms with E-state index in [0.717, 1.165) is 4.90 Å². The van der Waals surface area contributed by atoms with Crippen molar-refractivity contribution in [3.05, 3.63) is 24.3 Å². The molecule has 0 aromatic heterocycles. The molecule has 0 aliphatic carbocycles. The van der Waals surface area contributed by atoms with Gasteiger partial charge >= 0.3 is 12.1 Å². The molecule has 2 rings (SSSR count). The standard InChI is InChI=1S/C17H21F3N2O4/c1-2-25-13-6-3-4-7-14(13)26-12-15(23)21-8-5-9-22(11-10-21)16(24)17(18,19)20/h3-4,6-7H,2,5,8-12H2,1H3. The first-order chi connectivity index (χ1) is 12.3. The molecule has 144 valence electrons. The smallest absolute Gasteiger partial charge is 0.471 e. The molecule has 0 atom stereocenters. The fourth-order valence-electron chi connectivity index (χ4n) is 2.62. The second-order valence-electron chi connectivity index (χ2n) is 5.69. The minimum atomic E-state index is -4.90. The topological polar surface area (TPSA) is 59.1 Å². The first-order valence-corrected chi connectivity index (χ1v) is 8.31. The highest BCUT2D eigenvalue weighted by atomic mass is 19.4. The second kappa shape index (κ2) is 8.77. The van der Waals surface area contributed by atoms with Gasteiger partial charge in [0.25, 0.3) is 5.91 Å². The van der Waals surface area contributed by atoms with Crippen molar-refractivity contribution in [1.29, 1.82) is 0 Å². The Bertz CT molecular complexity index is 637. The lowest BCUT2D eigenvalue weighted by Crippen LogP contribution is -2.44. The fourth-order valence-corrected chi connectivity index (χ4v) is 2.62. The Balaban J connectivity index is 1.90. The Morgan fingerprint density at radius 1 is 1.00 bits per heavy atom. The van der Waals surface area contributed by atoms with Crippen molar-refractivity contribution in [2.75, 3.05) is 39.4 Å². The quantitative estimate of drug-likeness (QED) is 0.792. The maximum absolute atomic E-state index is 12.5. The van der Waals surface area contributed by atoms with Crippen LogP contribution < -0.4 is 9.47 Å². The molecule has 26 heavy (non-hydrogen) atoms. The van der Waals surface area contributed by atoms with Gasteiger partial charge in [-0.2, -0.15) is 13.2 Å². The summed E-state index contributed by atoms with van der Waals surface area (Å²) >= 11 is 0. The zero-order valence-electron chi connectivity index (χ0n) is 14.4. The number of halogens is 3. The number of benzene rings is 1. The molecule has 0 spiro atoms. The van der Waals surface area contributed by atoms with E-state index < -0.39 is 12.1 Å². The summed E-state index contributed by atoms with van der Waals surface area (Å²) in [7, 11) is 0. The molecule has 9 heteroatoms. The lowest BCUT2D eigenvalue weighted by atomic mass is 10.3. The summed E-state index contributed by atoms with van der Waals surface area (Å²) < 4.78 is 48.5. The molecule has 0 bridgehead atoms. The number of ether oxygens (including phenoxy) is 2. The molecule has 1 aromatic rings. The average Bonchev–Trinajstić information content (AvgIpc) is 2.85. The normalized spacial score (nSPS) is 15.4. The summed E-state index contributed by atoms with van der Waals surface area (Å²) in [4.78, 5) is 25.8. The van der Waals surface area contributed by atoms with Crippen molar-refractivity contribution in [3.63, 3.8) is 0 Å². The molecule has 2 amide bonds. The molecular weight excluding hydrogens is 353 g/mol. The first kappa shape index (κ1) is 19.9. The second-order valence-corrected chi connectivity index (χ2v) is 5.69. The molecule has 1 aliphatic rings. The number of hydrogen-bond donors (Lipinski definition) is 0. The third-order valence-electron chi connectivity index (χ3n) is 3.88. The number of nitrogens with zero attached hydrogens (tertiary/aromatic N) is 2. The average molecular weight is 374 g/mol. The minimum absolute atomic E-state index is 0.0316. The molecular formula is C17H21F3N2O4. The van der Waals surface area contributed by atoms with E-state index in [4.69, 9.17) is 9.47 Å². The summed E-state index contributed by atoms with van der Waals surface area (Å²) in [5.74, 6) is -1.28. The van der Waals surface area contributed by atoms with Crippen molar-refractivity contribution in [2.24, 2.45) is 0 Å². The minimum Gasteiger partial charge on any atom is -0.490 e. The summed E-state index contributed by atoms with van der Waals surface area (Å²) in [6.45, 7) is 2.15. The van der Waals surface area contributed by atoms with Crippen LogP contribution >= 0.6 is 0 Å². The Hall–Kier alpha value is -2.45. The summed E-state index contributed by atoms with van der Waals surface area (Å²) in [6.07, 6.45) is -4.62. The van der Waals surface area contributed by atoms with Gasteiger partial charge in [-0.25, -0.2) is 0 Å². The Labute approximate surface area is 149 Å². The number of hydrogen-bond acceptors (Lipinski definition) is 4. The van der Waals surface area contributed by atoms with Crippen LogP contribution in [0.15, 0.2) is 24.3 Å². The SMILES string of the molecule is CCOc1ccccc1OCC(=O)N1CCCN(C(=O)C(F)(F)F)CC1. The molecule has 1 aliphatic heterocycles. The van der Waals surface area contributed by atoms with Crippen LogP contribution in [-0.2, 0) is 9.59 Å². The molecule has 1 heterocycles. The van der Waals surface area contributed by atoms with Crippen LogP contribution in [0.1, 0.15) is 13.3 Å². The van der Waals surface area contributed by atoms with Crippen molar-refractivity contribution in [3.8, 4) is 11.5 Å². The van der Waals surface area contributed by atoms with Gasteiger partial charge in [0.2, 0.25) is 0 Å². The first-order valence-electron chi connectivity index (χ1n) is 8.31. The molecule has 1 fully saturated rings. The molecule has 0 radical (unpaired) electrons. The van der Waals surface area contributed by atoms with Crippen LogP contribution in [0.2, 0.25) is 0 Å². The van der Waals surface area contributed by atoms with E-state index in [2.05, 4.69) is 0 Å². The lowest BCUT2D eigenvalue weighted by Gasteiger charge is -2.23. The third kappa shape index (κ3) is 5.27. The van der Waals surface area contributed by atoms with E-state index in [1.165, 1.54) is 4.90 Å². The third-order valence-corrected chi connectivity index (χ3v) is 3.88. The van der Waals surface area contributed by atoms with Gasteiger partial charge in [-0.1, -0.05) is 12.1 Å². The van der Waals surface area contributed by atoms with E-state index in [-0.39, 0.29) is 45.1 Å². The largest absolute Gasteiger partial charge is 0.490 e. The van der Waals surface area contributed by atoms with Gasteiger partial charge in [-0.3, -0.25) is 9.59 Å². The molecule has 1 aromatic carbocycles. The number of amides is 2. The van der Waals surface area contributed by atoms with Crippen molar-refractivity contribution >= 4 is 11.8 Å². The monoisotopic (exact) mass is 374 g/mol. The van der Waals surface area contributed by atoms with E-state index in [0.29, 0.717) is 18.1 Å². The molecule has 6 nitrogen and oxygen atoms in total.